The van der Waals surface area contributed by atoms with E-state index in [1.54, 1.807) is 7.11 Å². The third-order valence-electron chi connectivity index (χ3n) is 2.63. The van der Waals surface area contributed by atoms with Crippen molar-refractivity contribution in [3.8, 4) is 0 Å². The molecule has 5 heteroatoms. The number of rotatable bonds is 8. The summed E-state index contributed by atoms with van der Waals surface area (Å²) in [6.45, 7) is 4.81. The van der Waals surface area contributed by atoms with Crippen LogP contribution in [0.4, 0.5) is 0 Å². The molecule has 0 aromatic carbocycles. The van der Waals surface area contributed by atoms with Crippen LogP contribution in [0.1, 0.15) is 19.8 Å². The quantitative estimate of drug-likeness (QED) is 0.583. The van der Waals surface area contributed by atoms with E-state index in [1.807, 2.05) is 6.92 Å². The second-order valence-electron chi connectivity index (χ2n) is 4.03. The Morgan fingerprint density at radius 2 is 2.31 bits per heavy atom. The highest BCUT2D eigenvalue weighted by atomic mass is 16.7. The molecule has 0 aliphatic carbocycles. The molecule has 3 unspecified atom stereocenters. The standard InChI is InChI=1S/C11H23NO4/c1-9-15-8-11(16-9)10(13)4-3-5-12-6-7-14-2/h9-13H,3-8H2,1-2H3. The van der Waals surface area contributed by atoms with E-state index >= 15 is 0 Å². The van der Waals surface area contributed by atoms with Gasteiger partial charge in [0.05, 0.1) is 19.3 Å². The molecule has 0 spiro atoms. The first-order valence-electron chi connectivity index (χ1n) is 5.89. The monoisotopic (exact) mass is 233 g/mol. The largest absolute Gasteiger partial charge is 0.390 e. The van der Waals surface area contributed by atoms with Gasteiger partial charge in [0, 0.05) is 13.7 Å². The van der Waals surface area contributed by atoms with E-state index in [9.17, 15) is 5.11 Å². The molecule has 1 fully saturated rings. The van der Waals surface area contributed by atoms with Gasteiger partial charge in [-0.1, -0.05) is 0 Å². The summed E-state index contributed by atoms with van der Waals surface area (Å²) < 4.78 is 15.6. The summed E-state index contributed by atoms with van der Waals surface area (Å²) in [5, 5.41) is 13.0. The molecule has 0 amide bonds. The summed E-state index contributed by atoms with van der Waals surface area (Å²) in [4.78, 5) is 0. The highest BCUT2D eigenvalue weighted by Crippen LogP contribution is 2.16. The number of hydrogen-bond donors (Lipinski definition) is 2. The van der Waals surface area contributed by atoms with Crippen molar-refractivity contribution >= 4 is 0 Å². The number of nitrogens with one attached hydrogen (secondary N) is 1. The first kappa shape index (κ1) is 13.9. The van der Waals surface area contributed by atoms with Crippen LogP contribution in [-0.2, 0) is 14.2 Å². The SMILES string of the molecule is COCCNCCCC(O)C1COC(C)O1. The van der Waals surface area contributed by atoms with E-state index in [2.05, 4.69) is 5.32 Å². The predicted molar refractivity (Wildman–Crippen MR) is 60.3 cm³/mol. The highest BCUT2D eigenvalue weighted by molar-refractivity contribution is 4.73. The van der Waals surface area contributed by atoms with Crippen LogP contribution in [0.15, 0.2) is 0 Å². The van der Waals surface area contributed by atoms with Crippen LogP contribution in [0, 0.1) is 0 Å². The number of ether oxygens (including phenoxy) is 3. The van der Waals surface area contributed by atoms with Crippen molar-refractivity contribution < 1.29 is 19.3 Å². The second-order valence-corrected chi connectivity index (χ2v) is 4.03. The van der Waals surface area contributed by atoms with Crippen LogP contribution < -0.4 is 5.32 Å². The third-order valence-corrected chi connectivity index (χ3v) is 2.63. The molecule has 16 heavy (non-hydrogen) atoms. The molecule has 0 radical (unpaired) electrons. The minimum atomic E-state index is -0.422. The zero-order chi connectivity index (χ0) is 11.8. The molecule has 96 valence electrons. The normalized spacial score (nSPS) is 27.2. The Labute approximate surface area is 97.1 Å². The lowest BCUT2D eigenvalue weighted by Gasteiger charge is -2.16. The summed E-state index contributed by atoms with van der Waals surface area (Å²) in [5.74, 6) is 0. The first-order valence-corrected chi connectivity index (χ1v) is 5.89. The topological polar surface area (TPSA) is 60.0 Å². The maximum absolute atomic E-state index is 9.81. The van der Waals surface area contributed by atoms with E-state index in [1.165, 1.54) is 0 Å². The van der Waals surface area contributed by atoms with Crippen LogP contribution in [0.3, 0.4) is 0 Å². The van der Waals surface area contributed by atoms with Crippen molar-refractivity contribution in [2.24, 2.45) is 0 Å². The molecule has 3 atom stereocenters. The Morgan fingerprint density at radius 1 is 1.50 bits per heavy atom. The maximum Gasteiger partial charge on any atom is 0.155 e. The van der Waals surface area contributed by atoms with Crippen LogP contribution in [0.5, 0.6) is 0 Å². The van der Waals surface area contributed by atoms with E-state index in [0.29, 0.717) is 6.61 Å². The van der Waals surface area contributed by atoms with Gasteiger partial charge in [-0.05, 0) is 26.3 Å². The molecule has 0 aromatic heterocycles. The molecule has 0 bridgehead atoms. The first-order chi connectivity index (χ1) is 7.74. The van der Waals surface area contributed by atoms with Crippen LogP contribution >= 0.6 is 0 Å². The minimum absolute atomic E-state index is 0.158. The Kier molecular flexibility index (Phi) is 6.91. The van der Waals surface area contributed by atoms with Gasteiger partial charge in [0.25, 0.3) is 0 Å². The minimum Gasteiger partial charge on any atom is -0.390 e. The van der Waals surface area contributed by atoms with Crippen molar-refractivity contribution in [3.63, 3.8) is 0 Å². The van der Waals surface area contributed by atoms with Gasteiger partial charge in [0.1, 0.15) is 6.10 Å². The molecular weight excluding hydrogens is 210 g/mol. The second kappa shape index (κ2) is 7.97. The lowest BCUT2D eigenvalue weighted by atomic mass is 10.1. The molecule has 2 N–H and O–H groups in total. The average molecular weight is 233 g/mol. The zero-order valence-electron chi connectivity index (χ0n) is 10.1. The molecule has 1 aliphatic rings. The van der Waals surface area contributed by atoms with Crippen LogP contribution in [0.25, 0.3) is 0 Å². The zero-order valence-corrected chi connectivity index (χ0v) is 10.1. The average Bonchev–Trinajstić information content (AvgIpc) is 2.70. The number of methoxy groups -OCH3 is 1. The number of aliphatic hydroxyl groups is 1. The van der Waals surface area contributed by atoms with E-state index in [0.717, 1.165) is 32.5 Å². The summed E-state index contributed by atoms with van der Waals surface area (Å²) in [5.41, 5.74) is 0. The van der Waals surface area contributed by atoms with Crippen LogP contribution in [0.2, 0.25) is 0 Å². The molecule has 1 aliphatic heterocycles. The Bertz CT molecular complexity index is 179. The summed E-state index contributed by atoms with van der Waals surface area (Å²) in [7, 11) is 1.68. The van der Waals surface area contributed by atoms with E-state index < -0.39 is 6.10 Å². The predicted octanol–water partition coefficient (Wildman–Crippen LogP) is 0.125. The van der Waals surface area contributed by atoms with Gasteiger partial charge in [0.15, 0.2) is 6.29 Å². The van der Waals surface area contributed by atoms with E-state index in [-0.39, 0.29) is 12.4 Å². The van der Waals surface area contributed by atoms with Gasteiger partial charge in [-0.25, -0.2) is 0 Å². The summed E-state index contributed by atoms with van der Waals surface area (Å²) in [6.07, 6.45) is 0.905. The Morgan fingerprint density at radius 3 is 2.94 bits per heavy atom. The molecule has 0 aromatic rings. The van der Waals surface area contributed by atoms with Gasteiger partial charge in [0.2, 0.25) is 0 Å². The number of aliphatic hydroxyl groups excluding tert-OH is 1. The van der Waals surface area contributed by atoms with Crippen LogP contribution in [-0.4, -0.2) is 57.0 Å². The van der Waals surface area contributed by atoms with E-state index in [4.69, 9.17) is 14.2 Å². The highest BCUT2D eigenvalue weighted by Gasteiger charge is 2.28. The van der Waals surface area contributed by atoms with Gasteiger partial charge in [-0.2, -0.15) is 0 Å². The van der Waals surface area contributed by atoms with Crippen molar-refractivity contribution in [1.29, 1.82) is 0 Å². The van der Waals surface area contributed by atoms with Crippen molar-refractivity contribution in [3.05, 3.63) is 0 Å². The number of hydrogen-bond acceptors (Lipinski definition) is 5. The Balaban J connectivity index is 1.96. The molecule has 5 nitrogen and oxygen atoms in total. The summed E-state index contributed by atoms with van der Waals surface area (Å²) in [6, 6.07) is 0. The Hall–Kier alpha value is -0.200. The molecule has 1 saturated heterocycles. The third kappa shape index (κ3) is 5.23. The summed E-state index contributed by atoms with van der Waals surface area (Å²) >= 11 is 0. The smallest absolute Gasteiger partial charge is 0.155 e. The van der Waals surface area contributed by atoms with Crippen molar-refractivity contribution in [1.82, 2.24) is 5.32 Å². The van der Waals surface area contributed by atoms with Gasteiger partial charge < -0.3 is 24.6 Å². The fourth-order valence-corrected chi connectivity index (χ4v) is 1.68. The fraction of sp³-hybridized carbons (Fsp3) is 1.00. The molecule has 0 saturated carbocycles. The molecule has 1 rings (SSSR count). The lowest BCUT2D eigenvalue weighted by Crippen LogP contribution is -2.29. The van der Waals surface area contributed by atoms with Gasteiger partial charge in [-0.3, -0.25) is 0 Å². The van der Waals surface area contributed by atoms with Crippen molar-refractivity contribution in [2.45, 2.75) is 38.3 Å². The van der Waals surface area contributed by atoms with Gasteiger partial charge in [-0.15, -0.1) is 0 Å². The molecular formula is C11H23NO4. The maximum atomic E-state index is 9.81. The van der Waals surface area contributed by atoms with Gasteiger partial charge >= 0.3 is 0 Å². The lowest BCUT2D eigenvalue weighted by molar-refractivity contribution is -0.0697. The van der Waals surface area contributed by atoms with Crippen molar-refractivity contribution in [2.75, 3.05) is 33.4 Å². The fourth-order valence-electron chi connectivity index (χ4n) is 1.68. The molecule has 1 heterocycles.